The van der Waals surface area contributed by atoms with E-state index >= 15 is 0 Å². The van der Waals surface area contributed by atoms with Gasteiger partial charge in [-0.3, -0.25) is 0 Å². The van der Waals surface area contributed by atoms with Crippen molar-refractivity contribution in [2.75, 3.05) is 0 Å². The van der Waals surface area contributed by atoms with E-state index in [2.05, 4.69) is 0 Å². The van der Waals surface area contributed by atoms with Crippen LogP contribution in [0.5, 0.6) is 0 Å². The SMILES string of the molecule is [2H]C1([2H])C([2H])([2H])C([2H])(F)C([2H])([2H])C([2H])([2H])C1([2H])N. The molecule has 0 spiro atoms. The lowest BCUT2D eigenvalue weighted by Gasteiger charge is -2.19. The van der Waals surface area contributed by atoms with Crippen LogP contribution >= 0.6 is 0 Å². The summed E-state index contributed by atoms with van der Waals surface area (Å²) in [6.07, 6.45) is -19.1. The zero-order chi connectivity index (χ0) is 15.0. The van der Waals surface area contributed by atoms with Crippen molar-refractivity contribution in [3.63, 3.8) is 0 Å². The molecule has 1 nitrogen and oxygen atoms in total. The molecule has 0 bridgehead atoms. The van der Waals surface area contributed by atoms with Crippen molar-refractivity contribution in [1.29, 1.82) is 0 Å². The predicted molar refractivity (Wildman–Crippen MR) is 31.3 cm³/mol. The highest BCUT2D eigenvalue weighted by atomic mass is 19.1. The van der Waals surface area contributed by atoms with Gasteiger partial charge in [0.1, 0.15) is 6.15 Å². The first-order chi connectivity index (χ1) is 7.50. The highest BCUT2D eigenvalue weighted by Crippen LogP contribution is 2.18. The lowest BCUT2D eigenvalue weighted by atomic mass is 9.95. The molecule has 0 heterocycles. The third kappa shape index (κ3) is 1.44. The lowest BCUT2D eigenvalue weighted by molar-refractivity contribution is 0.236. The summed E-state index contributed by atoms with van der Waals surface area (Å²) in [4.78, 5) is 0. The fourth-order valence-electron chi connectivity index (χ4n) is 0.307. The van der Waals surface area contributed by atoms with Crippen molar-refractivity contribution in [3.8, 4) is 0 Å². The summed E-state index contributed by atoms with van der Waals surface area (Å²) in [5, 5.41) is 0. The summed E-state index contributed by atoms with van der Waals surface area (Å²) < 4.78 is 86.9. The van der Waals surface area contributed by atoms with Crippen molar-refractivity contribution in [1.82, 2.24) is 0 Å². The van der Waals surface area contributed by atoms with Crippen molar-refractivity contribution >= 4 is 0 Å². The highest BCUT2D eigenvalue weighted by Gasteiger charge is 2.16. The summed E-state index contributed by atoms with van der Waals surface area (Å²) in [5.41, 5.74) is 5.09. The summed E-state index contributed by atoms with van der Waals surface area (Å²) in [6.45, 7) is 0. The van der Waals surface area contributed by atoms with Gasteiger partial charge >= 0.3 is 0 Å². The van der Waals surface area contributed by atoms with Crippen molar-refractivity contribution < 1.29 is 18.1 Å². The van der Waals surface area contributed by atoms with Crippen LogP contribution in [0.15, 0.2) is 0 Å². The summed E-state index contributed by atoms with van der Waals surface area (Å²) in [5.74, 6) is 0. The van der Waals surface area contributed by atoms with Gasteiger partial charge in [0.25, 0.3) is 0 Å². The van der Waals surface area contributed by atoms with Crippen LogP contribution in [0.4, 0.5) is 4.39 Å². The second-order valence-corrected chi connectivity index (χ2v) is 1.23. The maximum absolute atomic E-state index is 14.1. The maximum Gasteiger partial charge on any atom is 0.100 e. The van der Waals surface area contributed by atoms with E-state index in [1.807, 2.05) is 0 Å². The smallest absolute Gasteiger partial charge is 0.100 e. The van der Waals surface area contributed by atoms with Crippen LogP contribution in [0.1, 0.15) is 39.2 Å². The molecule has 0 aromatic heterocycles. The summed E-state index contributed by atoms with van der Waals surface area (Å²) >= 11 is 0. The Balaban J connectivity index is 3.72. The first kappa shape index (κ1) is 1.17. The van der Waals surface area contributed by atoms with Crippen LogP contribution in [0, 0.1) is 0 Å². The van der Waals surface area contributed by atoms with E-state index in [1.165, 1.54) is 0 Å². The van der Waals surface area contributed by atoms with Crippen LogP contribution in [0.2, 0.25) is 0 Å². The average Bonchev–Trinajstić information content (AvgIpc) is 2.14. The Morgan fingerprint density at radius 1 is 1.50 bits per heavy atom. The van der Waals surface area contributed by atoms with E-state index in [9.17, 15) is 4.39 Å². The third-order valence-electron chi connectivity index (χ3n) is 0.614. The Labute approximate surface area is 63.1 Å². The summed E-state index contributed by atoms with van der Waals surface area (Å²) in [7, 11) is 0. The number of halogens is 1. The largest absolute Gasteiger partial charge is 0.328 e. The Morgan fingerprint density at radius 3 is 2.50 bits per heavy atom. The van der Waals surface area contributed by atoms with Gasteiger partial charge < -0.3 is 5.73 Å². The van der Waals surface area contributed by atoms with Gasteiger partial charge in [0.05, 0.1) is 1.37 Å². The minimum atomic E-state index is -4.24. The summed E-state index contributed by atoms with van der Waals surface area (Å²) in [6, 6.07) is -3.40. The number of hydrogen-bond acceptors (Lipinski definition) is 1. The molecule has 1 aliphatic carbocycles. The Kier molecular flexibility index (Phi) is 0.357. The van der Waals surface area contributed by atoms with Gasteiger partial charge in [0, 0.05) is 18.4 Å². The average molecular weight is 127 g/mol. The van der Waals surface area contributed by atoms with Gasteiger partial charge in [-0.1, -0.05) is 0 Å². The third-order valence-corrected chi connectivity index (χ3v) is 0.614. The maximum atomic E-state index is 14.1. The van der Waals surface area contributed by atoms with Crippen molar-refractivity contribution in [2.45, 2.75) is 37.7 Å². The van der Waals surface area contributed by atoms with Gasteiger partial charge in [0.2, 0.25) is 0 Å². The van der Waals surface area contributed by atoms with Crippen LogP contribution in [-0.2, 0) is 0 Å². The van der Waals surface area contributed by atoms with Gasteiger partial charge in [-0.15, -0.1) is 0 Å². The molecule has 0 radical (unpaired) electrons. The van der Waals surface area contributed by atoms with Crippen LogP contribution < -0.4 is 5.73 Å². The molecule has 1 fully saturated rings. The zero-order valence-corrected chi connectivity index (χ0v) is 3.96. The molecule has 0 amide bonds. The quantitative estimate of drug-likeness (QED) is 0.520. The van der Waals surface area contributed by atoms with E-state index in [-0.39, 0.29) is 0 Å². The zero-order valence-electron chi connectivity index (χ0n) is 14.0. The van der Waals surface area contributed by atoms with Crippen LogP contribution in [0.3, 0.4) is 0 Å². The monoisotopic (exact) mass is 127 g/mol. The predicted octanol–water partition coefficient (Wildman–Crippen LogP) is 1.23. The number of nitrogens with two attached hydrogens (primary N) is 1. The van der Waals surface area contributed by atoms with Crippen molar-refractivity contribution in [3.05, 3.63) is 0 Å². The van der Waals surface area contributed by atoms with Crippen molar-refractivity contribution in [2.24, 2.45) is 5.73 Å². The highest BCUT2D eigenvalue weighted by molar-refractivity contribution is 4.72. The molecule has 0 aromatic rings. The molecule has 48 valence electrons. The fraction of sp³-hybridized carbons (Fsp3) is 1.00. The first-order valence-electron chi connectivity index (χ1n) is 6.98. The molecule has 1 rings (SSSR count). The van der Waals surface area contributed by atoms with Gasteiger partial charge in [-0.05, 0) is 25.5 Å². The molecule has 2 N–H and O–H groups in total. The van der Waals surface area contributed by atoms with Crippen LogP contribution in [-0.4, -0.2) is 12.2 Å². The Bertz CT molecular complexity index is 258. The molecule has 0 aromatic carbocycles. The second-order valence-electron chi connectivity index (χ2n) is 1.23. The van der Waals surface area contributed by atoms with E-state index in [0.29, 0.717) is 0 Å². The number of hydrogen-bond donors (Lipinski definition) is 1. The molecule has 0 saturated heterocycles. The molecule has 2 heteroatoms. The normalized spacial score (nSPS) is 102. The standard InChI is InChI=1S/C6H12FN/c7-5-1-3-6(8)4-2-5/h5-6H,1-4,8H2/i1D2,2D2,3D2,4D2,5D,6D. The fourth-order valence-corrected chi connectivity index (χ4v) is 0.307. The number of rotatable bonds is 0. The van der Waals surface area contributed by atoms with Gasteiger partial charge in [-0.25, -0.2) is 4.39 Å². The minimum Gasteiger partial charge on any atom is -0.328 e. The Hall–Kier alpha value is -0.110. The molecule has 1 saturated carbocycles. The lowest BCUT2D eigenvalue weighted by Crippen LogP contribution is -2.26. The molecule has 0 aliphatic heterocycles. The minimum absolute atomic E-state index is 3.40. The van der Waals surface area contributed by atoms with E-state index in [1.54, 1.807) is 0 Å². The Morgan fingerprint density at radius 2 is 2.00 bits per heavy atom. The topological polar surface area (TPSA) is 26.0 Å². The molecule has 0 atom stereocenters. The van der Waals surface area contributed by atoms with Gasteiger partial charge in [-0.2, -0.15) is 0 Å². The van der Waals surface area contributed by atoms with Crippen LogP contribution in [0.25, 0.3) is 0 Å². The van der Waals surface area contributed by atoms with E-state index in [0.717, 1.165) is 0 Å². The number of alkyl halides is 1. The van der Waals surface area contributed by atoms with E-state index in [4.69, 9.17) is 19.4 Å². The molecule has 1 aliphatic rings. The van der Waals surface area contributed by atoms with E-state index < -0.39 is 37.7 Å². The molecule has 8 heavy (non-hydrogen) atoms. The molecular formula is C6H12FN. The molecular weight excluding hydrogens is 105 g/mol. The molecule has 0 unspecified atom stereocenters. The first-order valence-corrected chi connectivity index (χ1v) is 1.98. The van der Waals surface area contributed by atoms with Gasteiger partial charge in [0.15, 0.2) is 0 Å². The second kappa shape index (κ2) is 2.44.